The molecule has 0 aliphatic heterocycles. The van der Waals surface area contributed by atoms with Gasteiger partial charge in [-0.15, -0.1) is 0 Å². The van der Waals surface area contributed by atoms with Gasteiger partial charge in [0.15, 0.2) is 0 Å². The molecule has 0 heterocycles. The molecule has 0 radical (unpaired) electrons. The topological polar surface area (TPSA) is 41.5 Å². The smallest absolute Gasteiger partial charge is 0.125 e. The summed E-state index contributed by atoms with van der Waals surface area (Å²) in [7, 11) is 1.83. The maximum absolute atomic E-state index is 9.43. The molecule has 0 aliphatic carbocycles. The minimum atomic E-state index is -0.436. The fraction of sp³-hybridized carbons (Fsp3) is 0.571. The first-order valence-corrected chi connectivity index (χ1v) is 5.97. The van der Waals surface area contributed by atoms with Gasteiger partial charge >= 0.3 is 0 Å². The zero-order valence-corrected chi connectivity index (χ0v) is 11.4. The third-order valence-electron chi connectivity index (χ3n) is 3.50. The van der Waals surface area contributed by atoms with Gasteiger partial charge in [0.2, 0.25) is 0 Å². The van der Waals surface area contributed by atoms with E-state index in [-0.39, 0.29) is 12.7 Å². The number of hydrogen-bond donors (Lipinski definition) is 2. The highest BCUT2D eigenvalue weighted by Crippen LogP contribution is 2.26. The van der Waals surface area contributed by atoms with Crippen molar-refractivity contribution in [3.05, 3.63) is 29.3 Å². The molecule has 0 aliphatic rings. The first-order chi connectivity index (χ1) is 7.94. The molecule has 2 atom stereocenters. The molecule has 2 N–H and O–H groups in total. The summed E-state index contributed by atoms with van der Waals surface area (Å²) in [6.07, 6.45) is -0.114. The number of nitrogens with one attached hydrogen (secondary N) is 1. The lowest BCUT2D eigenvalue weighted by atomic mass is 9.97. The van der Waals surface area contributed by atoms with E-state index in [1.54, 1.807) is 0 Å². The summed E-state index contributed by atoms with van der Waals surface area (Å²) < 4.78 is 6.00. The molecule has 0 bridgehead atoms. The fourth-order valence-electron chi connectivity index (χ4n) is 1.70. The minimum Gasteiger partial charge on any atom is -0.488 e. The molecule has 17 heavy (non-hydrogen) atoms. The van der Waals surface area contributed by atoms with Gasteiger partial charge in [-0.3, -0.25) is 0 Å². The van der Waals surface area contributed by atoms with Crippen molar-refractivity contribution in [2.24, 2.45) is 0 Å². The third-order valence-corrected chi connectivity index (χ3v) is 3.50. The minimum absolute atomic E-state index is 0.0373. The van der Waals surface area contributed by atoms with E-state index >= 15 is 0 Å². The zero-order chi connectivity index (χ0) is 13.1. The van der Waals surface area contributed by atoms with Crippen LogP contribution in [0.25, 0.3) is 0 Å². The highest BCUT2D eigenvalue weighted by Gasteiger charge is 2.30. The van der Waals surface area contributed by atoms with Gasteiger partial charge in [-0.2, -0.15) is 0 Å². The van der Waals surface area contributed by atoms with Crippen LogP contribution in [-0.4, -0.2) is 30.4 Å². The van der Waals surface area contributed by atoms with Crippen molar-refractivity contribution in [2.75, 3.05) is 13.7 Å². The molecule has 0 saturated carbocycles. The highest BCUT2D eigenvalue weighted by atomic mass is 16.5. The van der Waals surface area contributed by atoms with Crippen LogP contribution in [0.5, 0.6) is 5.75 Å². The first kappa shape index (κ1) is 14.0. The highest BCUT2D eigenvalue weighted by molar-refractivity contribution is 5.40. The Balaban J connectivity index is 2.91. The van der Waals surface area contributed by atoms with Gasteiger partial charge in [0.05, 0.1) is 12.1 Å². The average molecular weight is 237 g/mol. The summed E-state index contributed by atoms with van der Waals surface area (Å²) in [5.74, 6) is 0.912. The molecule has 1 aromatic rings. The van der Waals surface area contributed by atoms with Crippen LogP contribution in [0.4, 0.5) is 0 Å². The van der Waals surface area contributed by atoms with Gasteiger partial charge in [0.25, 0.3) is 0 Å². The number of hydrogen-bond acceptors (Lipinski definition) is 3. The van der Waals surface area contributed by atoms with Crippen molar-refractivity contribution in [3.63, 3.8) is 0 Å². The third kappa shape index (κ3) is 2.99. The van der Waals surface area contributed by atoms with E-state index in [0.29, 0.717) is 0 Å². The van der Waals surface area contributed by atoms with Crippen LogP contribution in [0.3, 0.4) is 0 Å². The molecule has 0 amide bonds. The summed E-state index contributed by atoms with van der Waals surface area (Å²) in [6.45, 7) is 8.02. The number of likely N-dealkylation sites (N-methyl/N-ethyl adjacent to an activating group) is 1. The molecule has 0 fully saturated rings. The Hall–Kier alpha value is -1.06. The Kier molecular flexibility index (Phi) is 4.54. The Bertz CT molecular complexity index is 352. The maximum atomic E-state index is 9.43. The van der Waals surface area contributed by atoms with Crippen molar-refractivity contribution in [1.82, 2.24) is 5.32 Å². The fourth-order valence-corrected chi connectivity index (χ4v) is 1.70. The molecule has 0 aromatic heterocycles. The van der Waals surface area contributed by atoms with Crippen molar-refractivity contribution in [2.45, 2.75) is 39.3 Å². The van der Waals surface area contributed by atoms with Gasteiger partial charge in [-0.25, -0.2) is 0 Å². The number of rotatable bonds is 5. The number of benzene rings is 1. The predicted molar refractivity (Wildman–Crippen MR) is 70.6 cm³/mol. The predicted octanol–water partition coefficient (Wildman–Crippen LogP) is 2.04. The molecule has 0 saturated heterocycles. The number of para-hydroxylation sites is 1. The second kappa shape index (κ2) is 5.52. The number of aliphatic hydroxyl groups is 1. The van der Waals surface area contributed by atoms with Gasteiger partial charge in [0.1, 0.15) is 11.9 Å². The average Bonchev–Trinajstić information content (AvgIpc) is 2.32. The van der Waals surface area contributed by atoms with Crippen LogP contribution in [-0.2, 0) is 0 Å². The van der Waals surface area contributed by atoms with Gasteiger partial charge in [0, 0.05) is 0 Å². The molecule has 1 rings (SSSR count). The molecule has 3 heteroatoms. The van der Waals surface area contributed by atoms with E-state index in [4.69, 9.17) is 4.74 Å². The van der Waals surface area contributed by atoms with E-state index in [2.05, 4.69) is 5.32 Å². The summed E-state index contributed by atoms with van der Waals surface area (Å²) in [5, 5.41) is 12.5. The lowest BCUT2D eigenvalue weighted by Gasteiger charge is -2.34. The van der Waals surface area contributed by atoms with Gasteiger partial charge < -0.3 is 15.2 Å². The summed E-state index contributed by atoms with van der Waals surface area (Å²) in [5.41, 5.74) is 1.80. The summed E-state index contributed by atoms with van der Waals surface area (Å²) in [6, 6.07) is 6.08. The zero-order valence-electron chi connectivity index (χ0n) is 11.4. The van der Waals surface area contributed by atoms with Crippen molar-refractivity contribution < 1.29 is 9.84 Å². The second-order valence-electron chi connectivity index (χ2n) is 4.81. The molecule has 1 aromatic carbocycles. The Morgan fingerprint density at radius 1 is 1.35 bits per heavy atom. The normalized spacial score (nSPS) is 16.4. The van der Waals surface area contributed by atoms with Crippen LogP contribution >= 0.6 is 0 Å². The van der Waals surface area contributed by atoms with Crippen LogP contribution in [0.1, 0.15) is 25.0 Å². The quantitative estimate of drug-likeness (QED) is 0.823. The number of aliphatic hydroxyl groups excluding tert-OH is 1. The van der Waals surface area contributed by atoms with Crippen LogP contribution in [0, 0.1) is 13.8 Å². The van der Waals surface area contributed by atoms with E-state index in [1.807, 2.05) is 52.9 Å². The lowest BCUT2D eigenvalue weighted by Crippen LogP contribution is -2.54. The second-order valence-corrected chi connectivity index (χ2v) is 4.81. The van der Waals surface area contributed by atoms with E-state index < -0.39 is 5.54 Å². The summed E-state index contributed by atoms with van der Waals surface area (Å²) >= 11 is 0. The molecule has 96 valence electrons. The molecule has 3 nitrogen and oxygen atoms in total. The van der Waals surface area contributed by atoms with Crippen LogP contribution in [0.15, 0.2) is 18.2 Å². The Morgan fingerprint density at radius 3 is 2.29 bits per heavy atom. The van der Waals surface area contributed by atoms with Crippen LogP contribution in [0.2, 0.25) is 0 Å². The first-order valence-electron chi connectivity index (χ1n) is 5.97. The van der Waals surface area contributed by atoms with Crippen molar-refractivity contribution in [3.8, 4) is 5.75 Å². The monoisotopic (exact) mass is 237 g/mol. The standard InChI is InChI=1S/C14H23NO2/c1-10-7-6-8-11(2)13(10)17-12(3)14(4,9-16)15-5/h6-8,12,15-16H,9H2,1-5H3. The van der Waals surface area contributed by atoms with Gasteiger partial charge in [-0.05, 0) is 45.9 Å². The Morgan fingerprint density at radius 2 is 1.88 bits per heavy atom. The number of ether oxygens (including phenoxy) is 1. The largest absolute Gasteiger partial charge is 0.488 e. The molecule has 2 unspecified atom stereocenters. The van der Waals surface area contributed by atoms with Crippen molar-refractivity contribution >= 4 is 0 Å². The number of aryl methyl sites for hydroxylation is 2. The van der Waals surface area contributed by atoms with Gasteiger partial charge in [-0.1, -0.05) is 18.2 Å². The lowest BCUT2D eigenvalue weighted by molar-refractivity contribution is 0.0622. The van der Waals surface area contributed by atoms with E-state index in [9.17, 15) is 5.11 Å². The SMILES string of the molecule is CNC(C)(CO)C(C)Oc1c(C)cccc1C. The molecule has 0 spiro atoms. The van der Waals surface area contributed by atoms with Crippen molar-refractivity contribution in [1.29, 1.82) is 0 Å². The summed E-state index contributed by atoms with van der Waals surface area (Å²) in [4.78, 5) is 0. The van der Waals surface area contributed by atoms with E-state index in [0.717, 1.165) is 16.9 Å². The Labute approximate surface area is 104 Å². The maximum Gasteiger partial charge on any atom is 0.125 e. The molecular formula is C14H23NO2. The van der Waals surface area contributed by atoms with E-state index in [1.165, 1.54) is 0 Å². The van der Waals surface area contributed by atoms with Crippen LogP contribution < -0.4 is 10.1 Å². The molecular weight excluding hydrogens is 214 g/mol.